The van der Waals surface area contributed by atoms with Crippen LogP contribution in [0.1, 0.15) is 18.4 Å². The minimum Gasteiger partial charge on any atom is -0.283 e. The van der Waals surface area contributed by atoms with Gasteiger partial charge in [-0.15, -0.1) is 0 Å². The van der Waals surface area contributed by atoms with Crippen molar-refractivity contribution in [2.75, 3.05) is 18.0 Å². The van der Waals surface area contributed by atoms with Crippen LogP contribution in [0.15, 0.2) is 59.8 Å². The second kappa shape index (κ2) is 10.4. The molecule has 4 aromatic rings. The Labute approximate surface area is 219 Å². The molecule has 1 aliphatic heterocycles. The average Bonchev–Trinajstić information content (AvgIpc) is 3.31. The van der Waals surface area contributed by atoms with E-state index >= 15 is 0 Å². The molecule has 2 aromatic heterocycles. The van der Waals surface area contributed by atoms with E-state index in [-0.39, 0.29) is 53.7 Å². The van der Waals surface area contributed by atoms with Crippen LogP contribution in [-0.2, 0) is 21.4 Å². The van der Waals surface area contributed by atoms with Gasteiger partial charge in [0.2, 0.25) is 15.9 Å². The van der Waals surface area contributed by atoms with Gasteiger partial charge in [-0.3, -0.25) is 14.7 Å². The molecule has 5 rings (SSSR count). The van der Waals surface area contributed by atoms with Crippen LogP contribution in [-0.4, -0.2) is 41.7 Å². The molecule has 198 valence electrons. The van der Waals surface area contributed by atoms with Crippen LogP contribution in [0, 0.1) is 29.2 Å². The summed E-state index contributed by atoms with van der Waals surface area (Å²) in [6, 6.07) is 7.57. The molecule has 7 nitrogen and oxygen atoms in total. The van der Waals surface area contributed by atoms with Gasteiger partial charge in [-0.25, -0.2) is 31.0 Å². The fourth-order valence-electron chi connectivity index (χ4n) is 4.36. The molecule has 1 saturated heterocycles. The number of thiazole rings is 1. The molecule has 1 aliphatic rings. The van der Waals surface area contributed by atoms with Gasteiger partial charge < -0.3 is 0 Å². The minimum absolute atomic E-state index is 0.0578. The predicted molar refractivity (Wildman–Crippen MR) is 133 cm³/mol. The summed E-state index contributed by atoms with van der Waals surface area (Å²) in [5, 5.41) is 0.168. The number of halogens is 4. The highest BCUT2D eigenvalue weighted by Crippen LogP contribution is 2.34. The highest BCUT2D eigenvalue weighted by atomic mass is 32.2. The number of sulfonamides is 1. The predicted octanol–water partition coefficient (Wildman–Crippen LogP) is 4.88. The summed E-state index contributed by atoms with van der Waals surface area (Å²) in [6.07, 6.45) is 3.42. The Morgan fingerprint density at radius 1 is 1.03 bits per heavy atom. The number of pyridine rings is 1. The van der Waals surface area contributed by atoms with Gasteiger partial charge in [0.25, 0.3) is 0 Å². The highest BCUT2D eigenvalue weighted by Gasteiger charge is 2.36. The Balaban J connectivity index is 1.39. The SMILES string of the molecule is O=C(C1CCN(S(=O)(=O)c2ccc(F)cc2F)CC1)N(Cc1cccnc1)c1nc2c(F)cc(F)cc2s1. The lowest BCUT2D eigenvalue weighted by Gasteiger charge is -2.33. The van der Waals surface area contributed by atoms with Gasteiger partial charge in [-0.2, -0.15) is 4.31 Å². The molecule has 1 amide bonds. The fraction of sp³-hybridized carbons (Fsp3) is 0.240. The van der Waals surface area contributed by atoms with Crippen LogP contribution >= 0.6 is 11.3 Å². The molecule has 0 spiro atoms. The van der Waals surface area contributed by atoms with E-state index in [2.05, 4.69) is 9.97 Å². The van der Waals surface area contributed by atoms with E-state index in [0.29, 0.717) is 11.6 Å². The quantitative estimate of drug-likeness (QED) is 0.312. The molecule has 0 bridgehead atoms. The van der Waals surface area contributed by atoms with Crippen LogP contribution in [0.2, 0.25) is 0 Å². The van der Waals surface area contributed by atoms with E-state index in [4.69, 9.17) is 0 Å². The molecule has 13 heteroatoms. The zero-order valence-electron chi connectivity index (χ0n) is 19.7. The number of benzene rings is 2. The number of rotatable bonds is 6. The lowest BCUT2D eigenvalue weighted by atomic mass is 9.96. The van der Waals surface area contributed by atoms with E-state index < -0.39 is 44.1 Å². The Morgan fingerprint density at radius 2 is 1.76 bits per heavy atom. The van der Waals surface area contributed by atoms with Crippen molar-refractivity contribution in [3.8, 4) is 0 Å². The highest BCUT2D eigenvalue weighted by molar-refractivity contribution is 7.89. The lowest BCUT2D eigenvalue weighted by Crippen LogP contribution is -2.44. The number of hydrogen-bond acceptors (Lipinski definition) is 6. The van der Waals surface area contributed by atoms with Gasteiger partial charge in [0, 0.05) is 43.5 Å². The molecule has 0 N–H and O–H groups in total. The van der Waals surface area contributed by atoms with Crippen molar-refractivity contribution in [1.82, 2.24) is 14.3 Å². The number of anilines is 1. The number of nitrogens with zero attached hydrogens (tertiary/aromatic N) is 4. The summed E-state index contributed by atoms with van der Waals surface area (Å²) in [6.45, 7) is -0.0537. The van der Waals surface area contributed by atoms with Crippen molar-refractivity contribution in [1.29, 1.82) is 0 Å². The summed E-state index contributed by atoms with van der Waals surface area (Å²) in [5.41, 5.74) is 0.621. The maximum absolute atomic E-state index is 14.3. The van der Waals surface area contributed by atoms with Crippen LogP contribution in [0.4, 0.5) is 22.7 Å². The number of hydrogen-bond donors (Lipinski definition) is 0. The molecular formula is C25H20F4N4O3S2. The van der Waals surface area contributed by atoms with Gasteiger partial charge in [0.05, 0.1) is 11.2 Å². The summed E-state index contributed by atoms with van der Waals surface area (Å²) in [5.74, 6) is -4.66. The molecule has 3 heterocycles. The van der Waals surface area contributed by atoms with E-state index in [1.807, 2.05) is 0 Å². The van der Waals surface area contributed by atoms with Crippen molar-refractivity contribution in [3.63, 3.8) is 0 Å². The zero-order valence-corrected chi connectivity index (χ0v) is 21.3. The standard InChI is InChI=1S/C25H20F4N4O3S2/c26-17-3-4-22(19(28)10-17)38(35,36)32-8-5-16(6-9-32)24(34)33(14-15-2-1-7-30-13-15)25-31-23-20(29)11-18(27)12-21(23)37-25/h1-4,7,10-13,16H,5-6,8-9,14H2. The van der Waals surface area contributed by atoms with E-state index in [9.17, 15) is 30.8 Å². The van der Waals surface area contributed by atoms with Gasteiger partial charge >= 0.3 is 0 Å². The number of aromatic nitrogens is 2. The van der Waals surface area contributed by atoms with Crippen LogP contribution in [0.25, 0.3) is 10.2 Å². The summed E-state index contributed by atoms with van der Waals surface area (Å²) in [7, 11) is -4.23. The van der Waals surface area contributed by atoms with Gasteiger partial charge in [0.15, 0.2) is 10.9 Å². The van der Waals surface area contributed by atoms with E-state index in [0.717, 1.165) is 39.9 Å². The van der Waals surface area contributed by atoms with Gasteiger partial charge in [0.1, 0.15) is 27.9 Å². The molecule has 1 fully saturated rings. The first-order valence-electron chi connectivity index (χ1n) is 11.5. The molecule has 0 aliphatic carbocycles. The van der Waals surface area contributed by atoms with Gasteiger partial charge in [-0.1, -0.05) is 17.4 Å². The van der Waals surface area contributed by atoms with E-state index in [1.54, 1.807) is 24.5 Å². The third kappa shape index (κ3) is 5.13. The van der Waals surface area contributed by atoms with Crippen molar-refractivity contribution in [2.45, 2.75) is 24.3 Å². The molecule has 0 unspecified atom stereocenters. The first-order chi connectivity index (χ1) is 18.1. The number of carbonyl (C=O) groups excluding carboxylic acids is 1. The summed E-state index contributed by atoms with van der Waals surface area (Å²) in [4.78, 5) is 22.7. The number of piperidine rings is 1. The summed E-state index contributed by atoms with van der Waals surface area (Å²) < 4.78 is 82.7. The minimum atomic E-state index is -4.23. The third-order valence-corrected chi connectivity index (χ3v) is 9.23. The number of amides is 1. The van der Waals surface area contributed by atoms with Crippen molar-refractivity contribution >= 4 is 42.6 Å². The van der Waals surface area contributed by atoms with Gasteiger partial charge in [-0.05, 0) is 42.7 Å². The number of fused-ring (bicyclic) bond motifs is 1. The van der Waals surface area contributed by atoms with Crippen molar-refractivity contribution in [2.24, 2.45) is 5.92 Å². The third-order valence-electron chi connectivity index (χ3n) is 6.28. The zero-order chi connectivity index (χ0) is 27.0. The average molecular weight is 565 g/mol. The van der Waals surface area contributed by atoms with Crippen molar-refractivity contribution < 1.29 is 30.8 Å². The van der Waals surface area contributed by atoms with Crippen molar-refractivity contribution in [3.05, 3.63) is 83.7 Å². The second-order valence-electron chi connectivity index (χ2n) is 8.77. The Hall–Kier alpha value is -3.42. The van der Waals surface area contributed by atoms with E-state index in [1.165, 1.54) is 4.90 Å². The second-order valence-corrected chi connectivity index (χ2v) is 11.7. The molecule has 0 saturated carbocycles. The summed E-state index contributed by atoms with van der Waals surface area (Å²) >= 11 is 0.965. The first-order valence-corrected chi connectivity index (χ1v) is 13.8. The fourth-order valence-corrected chi connectivity index (χ4v) is 6.89. The molecule has 2 aromatic carbocycles. The van der Waals surface area contributed by atoms with Crippen LogP contribution in [0.3, 0.4) is 0 Å². The molecule has 0 radical (unpaired) electrons. The largest absolute Gasteiger partial charge is 0.283 e. The maximum atomic E-state index is 14.3. The van der Waals surface area contributed by atoms with Crippen LogP contribution < -0.4 is 4.90 Å². The smallest absolute Gasteiger partial charge is 0.245 e. The first kappa shape index (κ1) is 26.2. The normalized spacial score (nSPS) is 15.2. The number of carbonyl (C=O) groups is 1. The molecule has 0 atom stereocenters. The van der Waals surface area contributed by atoms with Crippen LogP contribution in [0.5, 0.6) is 0 Å². The molecule has 38 heavy (non-hydrogen) atoms. The lowest BCUT2D eigenvalue weighted by molar-refractivity contribution is -0.123. The maximum Gasteiger partial charge on any atom is 0.245 e. The Morgan fingerprint density at radius 3 is 2.45 bits per heavy atom. The topological polar surface area (TPSA) is 83.5 Å². The molecular weight excluding hydrogens is 544 g/mol. The monoisotopic (exact) mass is 564 g/mol. The Kier molecular flexibility index (Phi) is 7.16. The Bertz CT molecular complexity index is 1610.